The highest BCUT2D eigenvalue weighted by molar-refractivity contribution is 6.32. The first-order valence-electron chi connectivity index (χ1n) is 6.16. The molecule has 1 aliphatic rings. The van der Waals surface area contributed by atoms with Crippen LogP contribution < -0.4 is 10.6 Å². The third-order valence-corrected chi connectivity index (χ3v) is 3.23. The van der Waals surface area contributed by atoms with Crippen molar-refractivity contribution in [2.24, 2.45) is 0 Å². The molecule has 108 valence electrons. The monoisotopic (exact) mass is 299 g/mol. The number of amides is 2. The van der Waals surface area contributed by atoms with Gasteiger partial charge in [-0.25, -0.2) is 4.79 Å². The van der Waals surface area contributed by atoms with Crippen LogP contribution in [0.5, 0.6) is 0 Å². The van der Waals surface area contributed by atoms with Crippen LogP contribution in [0.1, 0.15) is 12.8 Å². The van der Waals surface area contributed by atoms with Crippen molar-refractivity contribution in [1.29, 1.82) is 0 Å². The first kappa shape index (κ1) is 14.5. The summed E-state index contributed by atoms with van der Waals surface area (Å²) in [5.41, 5.74) is 0.0644. The van der Waals surface area contributed by atoms with Gasteiger partial charge in [0.25, 0.3) is 5.69 Å². The molecule has 0 aliphatic carbocycles. The third kappa shape index (κ3) is 3.82. The zero-order valence-corrected chi connectivity index (χ0v) is 11.4. The molecule has 8 heteroatoms. The van der Waals surface area contributed by atoms with Gasteiger partial charge >= 0.3 is 6.03 Å². The average Bonchev–Trinajstić information content (AvgIpc) is 2.91. The zero-order valence-electron chi connectivity index (χ0n) is 10.6. The van der Waals surface area contributed by atoms with E-state index < -0.39 is 11.0 Å². The summed E-state index contributed by atoms with van der Waals surface area (Å²) in [7, 11) is 0. The second-order valence-corrected chi connectivity index (χ2v) is 4.80. The summed E-state index contributed by atoms with van der Waals surface area (Å²) >= 11 is 5.69. The van der Waals surface area contributed by atoms with Crippen molar-refractivity contribution in [2.45, 2.75) is 18.9 Å². The standard InChI is InChI=1S/C12H14ClN3O4/c13-10-4-3-8(6-11(10)16(18)19)15-12(17)14-7-9-2-1-5-20-9/h3-4,6,9H,1-2,5,7H2,(H2,14,15,17)/t9-/m1/s1. The fourth-order valence-electron chi connectivity index (χ4n) is 1.92. The topological polar surface area (TPSA) is 93.5 Å². The molecule has 0 bridgehead atoms. The number of carbonyl (C=O) groups is 1. The van der Waals surface area contributed by atoms with Crippen LogP contribution in [0.2, 0.25) is 5.02 Å². The number of hydrogen-bond acceptors (Lipinski definition) is 4. The van der Waals surface area contributed by atoms with E-state index in [0.717, 1.165) is 19.4 Å². The van der Waals surface area contributed by atoms with E-state index in [2.05, 4.69) is 10.6 Å². The van der Waals surface area contributed by atoms with Crippen molar-refractivity contribution < 1.29 is 14.5 Å². The minimum Gasteiger partial charge on any atom is -0.376 e. The number of hydrogen-bond donors (Lipinski definition) is 2. The van der Waals surface area contributed by atoms with Gasteiger partial charge in [0.05, 0.1) is 11.0 Å². The number of carbonyl (C=O) groups excluding carboxylic acids is 1. The fraction of sp³-hybridized carbons (Fsp3) is 0.417. The summed E-state index contributed by atoms with van der Waals surface area (Å²) in [6.45, 7) is 1.14. The molecule has 0 aromatic heterocycles. The summed E-state index contributed by atoms with van der Waals surface area (Å²) in [6, 6.07) is 3.65. The van der Waals surface area contributed by atoms with E-state index in [9.17, 15) is 14.9 Å². The van der Waals surface area contributed by atoms with Gasteiger partial charge in [0.1, 0.15) is 5.02 Å². The maximum absolute atomic E-state index is 11.7. The molecule has 1 aromatic carbocycles. The molecule has 0 spiro atoms. The van der Waals surface area contributed by atoms with E-state index in [1.807, 2.05) is 0 Å². The van der Waals surface area contributed by atoms with Crippen LogP contribution in [0.25, 0.3) is 0 Å². The van der Waals surface area contributed by atoms with Crippen molar-refractivity contribution in [3.63, 3.8) is 0 Å². The normalized spacial score (nSPS) is 17.8. The Balaban J connectivity index is 1.90. The molecule has 0 saturated carbocycles. The molecule has 1 aliphatic heterocycles. The van der Waals surface area contributed by atoms with Crippen LogP contribution in [0.3, 0.4) is 0 Å². The van der Waals surface area contributed by atoms with Crippen molar-refractivity contribution in [1.82, 2.24) is 5.32 Å². The molecule has 1 aromatic rings. The van der Waals surface area contributed by atoms with Crippen molar-refractivity contribution in [2.75, 3.05) is 18.5 Å². The molecule has 1 atom stereocenters. The lowest BCUT2D eigenvalue weighted by molar-refractivity contribution is -0.384. The summed E-state index contributed by atoms with van der Waals surface area (Å²) in [5, 5.41) is 15.9. The highest BCUT2D eigenvalue weighted by Crippen LogP contribution is 2.27. The predicted octanol–water partition coefficient (Wildman–Crippen LogP) is 2.55. The molecule has 20 heavy (non-hydrogen) atoms. The van der Waals surface area contributed by atoms with E-state index in [-0.39, 0.29) is 16.8 Å². The zero-order chi connectivity index (χ0) is 14.5. The average molecular weight is 300 g/mol. The van der Waals surface area contributed by atoms with E-state index in [4.69, 9.17) is 16.3 Å². The number of ether oxygens (including phenoxy) is 1. The summed E-state index contributed by atoms with van der Waals surface area (Å²) in [4.78, 5) is 21.8. The summed E-state index contributed by atoms with van der Waals surface area (Å²) in [5.74, 6) is 0. The number of nitro groups is 1. The van der Waals surface area contributed by atoms with Gasteiger partial charge in [0.15, 0.2) is 0 Å². The van der Waals surface area contributed by atoms with Gasteiger partial charge in [0, 0.05) is 24.9 Å². The third-order valence-electron chi connectivity index (χ3n) is 2.91. The van der Waals surface area contributed by atoms with Gasteiger partial charge in [-0.1, -0.05) is 11.6 Å². The van der Waals surface area contributed by atoms with Crippen LogP contribution in [0.15, 0.2) is 18.2 Å². The van der Waals surface area contributed by atoms with Crippen molar-refractivity contribution >= 4 is 29.0 Å². The molecule has 7 nitrogen and oxygen atoms in total. The molecule has 2 rings (SSSR count). The van der Waals surface area contributed by atoms with Crippen LogP contribution in [-0.4, -0.2) is 30.2 Å². The molecule has 2 amide bonds. The van der Waals surface area contributed by atoms with E-state index in [1.165, 1.54) is 18.2 Å². The Labute approximate surface area is 120 Å². The maximum Gasteiger partial charge on any atom is 0.319 e. The molecular formula is C12H14ClN3O4. The first-order valence-corrected chi connectivity index (χ1v) is 6.54. The highest BCUT2D eigenvalue weighted by atomic mass is 35.5. The predicted molar refractivity (Wildman–Crippen MR) is 74.1 cm³/mol. The van der Waals surface area contributed by atoms with Crippen molar-refractivity contribution in [3.05, 3.63) is 33.3 Å². The van der Waals surface area contributed by atoms with Gasteiger partial charge in [-0.15, -0.1) is 0 Å². The molecule has 0 radical (unpaired) electrons. The Kier molecular flexibility index (Phi) is 4.75. The number of nitro benzene ring substituents is 1. The molecule has 1 heterocycles. The Morgan fingerprint density at radius 1 is 1.55 bits per heavy atom. The molecule has 1 fully saturated rings. The largest absolute Gasteiger partial charge is 0.376 e. The van der Waals surface area contributed by atoms with Gasteiger partial charge in [0.2, 0.25) is 0 Å². The molecular weight excluding hydrogens is 286 g/mol. The Hall–Kier alpha value is -1.86. The van der Waals surface area contributed by atoms with Crippen LogP contribution in [0, 0.1) is 10.1 Å². The molecule has 2 N–H and O–H groups in total. The quantitative estimate of drug-likeness (QED) is 0.660. The van der Waals surface area contributed by atoms with Gasteiger partial charge < -0.3 is 15.4 Å². The lowest BCUT2D eigenvalue weighted by atomic mass is 10.2. The minimum absolute atomic E-state index is 0.0281. The fourth-order valence-corrected chi connectivity index (χ4v) is 2.10. The molecule has 1 saturated heterocycles. The number of rotatable bonds is 4. The van der Waals surface area contributed by atoms with E-state index >= 15 is 0 Å². The van der Waals surface area contributed by atoms with Gasteiger partial charge in [-0.2, -0.15) is 0 Å². The summed E-state index contributed by atoms with van der Waals surface area (Å²) < 4.78 is 5.37. The lowest BCUT2D eigenvalue weighted by Crippen LogP contribution is -2.35. The number of halogens is 1. The molecule has 0 unspecified atom stereocenters. The van der Waals surface area contributed by atoms with Gasteiger partial charge in [-0.05, 0) is 25.0 Å². The lowest BCUT2D eigenvalue weighted by Gasteiger charge is -2.11. The smallest absolute Gasteiger partial charge is 0.319 e. The van der Waals surface area contributed by atoms with Crippen LogP contribution >= 0.6 is 11.6 Å². The maximum atomic E-state index is 11.7. The number of anilines is 1. The number of nitrogens with one attached hydrogen (secondary N) is 2. The minimum atomic E-state index is -0.599. The summed E-state index contributed by atoms with van der Waals surface area (Å²) in [6.07, 6.45) is 1.96. The van der Waals surface area contributed by atoms with Crippen molar-refractivity contribution in [3.8, 4) is 0 Å². The number of nitrogens with zero attached hydrogens (tertiary/aromatic N) is 1. The Morgan fingerprint density at radius 3 is 3.00 bits per heavy atom. The number of benzene rings is 1. The van der Waals surface area contributed by atoms with Gasteiger partial charge in [-0.3, -0.25) is 10.1 Å². The van der Waals surface area contributed by atoms with E-state index in [0.29, 0.717) is 12.2 Å². The number of urea groups is 1. The van der Waals surface area contributed by atoms with E-state index in [1.54, 1.807) is 0 Å². The highest BCUT2D eigenvalue weighted by Gasteiger charge is 2.17. The first-order chi connectivity index (χ1) is 9.56. The second kappa shape index (κ2) is 6.53. The Bertz CT molecular complexity index is 517. The Morgan fingerprint density at radius 2 is 2.35 bits per heavy atom. The SMILES string of the molecule is O=C(NC[C@H]1CCCO1)Nc1ccc(Cl)c([N+](=O)[O-])c1. The second-order valence-electron chi connectivity index (χ2n) is 4.39. The van der Waals surface area contributed by atoms with Crippen LogP contribution in [-0.2, 0) is 4.74 Å². The van der Waals surface area contributed by atoms with Crippen LogP contribution in [0.4, 0.5) is 16.2 Å².